The number of benzene rings is 1. The van der Waals surface area contributed by atoms with Gasteiger partial charge in [-0.2, -0.15) is 4.98 Å². The van der Waals surface area contributed by atoms with Gasteiger partial charge in [-0.25, -0.2) is 9.78 Å². The van der Waals surface area contributed by atoms with Crippen LogP contribution >= 0.6 is 11.6 Å². The van der Waals surface area contributed by atoms with E-state index in [-0.39, 0.29) is 5.69 Å². The molecule has 0 radical (unpaired) electrons. The number of imidazole rings is 1. The maximum absolute atomic E-state index is 12.2. The Labute approximate surface area is 137 Å². The predicted molar refractivity (Wildman–Crippen MR) is 90.9 cm³/mol. The number of nitrogens with one attached hydrogen (secondary N) is 2. The van der Waals surface area contributed by atoms with Crippen LogP contribution in [0.4, 0.5) is 5.95 Å². The van der Waals surface area contributed by atoms with E-state index in [2.05, 4.69) is 20.3 Å². The number of halogens is 1. The van der Waals surface area contributed by atoms with E-state index in [1.807, 2.05) is 18.2 Å². The lowest BCUT2D eigenvalue weighted by Gasteiger charge is -2.07. The van der Waals surface area contributed by atoms with Gasteiger partial charge in [0.05, 0.1) is 12.7 Å². The van der Waals surface area contributed by atoms with E-state index in [0.717, 1.165) is 12.0 Å². The molecular formula is C15H17ClN6O. The Hall–Kier alpha value is -2.38. The van der Waals surface area contributed by atoms with Crippen molar-refractivity contribution in [3.05, 3.63) is 51.5 Å². The third kappa shape index (κ3) is 3.35. The van der Waals surface area contributed by atoms with Gasteiger partial charge in [0.2, 0.25) is 5.95 Å². The molecule has 0 aliphatic carbocycles. The number of aromatic nitrogens is 4. The fourth-order valence-electron chi connectivity index (χ4n) is 2.28. The van der Waals surface area contributed by atoms with E-state index in [0.29, 0.717) is 41.8 Å². The number of nitrogens with two attached hydrogens (primary N) is 1. The molecule has 0 amide bonds. The van der Waals surface area contributed by atoms with E-state index in [1.165, 1.54) is 0 Å². The smallest absolute Gasteiger partial charge is 0.328 e. The second-order valence-electron chi connectivity index (χ2n) is 5.11. The zero-order valence-electron chi connectivity index (χ0n) is 12.4. The molecule has 4 N–H and O–H groups in total. The maximum Gasteiger partial charge on any atom is 0.328 e. The van der Waals surface area contributed by atoms with Crippen LogP contribution in [0.3, 0.4) is 0 Å². The Morgan fingerprint density at radius 3 is 2.96 bits per heavy atom. The molecule has 0 bridgehead atoms. The quantitative estimate of drug-likeness (QED) is 0.595. The van der Waals surface area contributed by atoms with Crippen molar-refractivity contribution >= 4 is 28.7 Å². The summed E-state index contributed by atoms with van der Waals surface area (Å²) in [6, 6.07) is 7.42. The summed E-state index contributed by atoms with van der Waals surface area (Å²) in [6.45, 7) is 1.62. The van der Waals surface area contributed by atoms with Gasteiger partial charge in [0.1, 0.15) is 5.52 Å². The summed E-state index contributed by atoms with van der Waals surface area (Å²) in [5.41, 5.74) is 7.21. The summed E-state index contributed by atoms with van der Waals surface area (Å²) in [5, 5.41) is 3.71. The zero-order chi connectivity index (χ0) is 16.2. The van der Waals surface area contributed by atoms with Crippen LogP contribution in [-0.2, 0) is 6.54 Å². The lowest BCUT2D eigenvalue weighted by atomic mass is 10.2. The molecule has 0 aliphatic rings. The van der Waals surface area contributed by atoms with E-state index >= 15 is 0 Å². The Kier molecular flexibility index (Phi) is 4.59. The number of hydrogen-bond donors (Lipinski definition) is 3. The molecule has 0 aliphatic heterocycles. The summed E-state index contributed by atoms with van der Waals surface area (Å²) < 4.78 is 1.55. The molecule has 2 heterocycles. The average Bonchev–Trinajstić information content (AvgIpc) is 2.85. The first-order valence-corrected chi connectivity index (χ1v) is 7.69. The third-order valence-corrected chi connectivity index (χ3v) is 3.83. The number of H-pyrrole nitrogens is 1. The molecule has 2 aromatic heterocycles. The van der Waals surface area contributed by atoms with Gasteiger partial charge < -0.3 is 16.0 Å². The Bertz CT molecular complexity index is 872. The Balaban J connectivity index is 1.95. The van der Waals surface area contributed by atoms with Crippen LogP contribution in [0.15, 0.2) is 35.3 Å². The van der Waals surface area contributed by atoms with Crippen molar-refractivity contribution in [1.82, 2.24) is 19.5 Å². The largest absolute Gasteiger partial charge is 0.354 e. The molecule has 23 heavy (non-hydrogen) atoms. The molecule has 0 saturated carbocycles. The maximum atomic E-state index is 12.2. The Morgan fingerprint density at radius 1 is 1.35 bits per heavy atom. The molecule has 3 aromatic rings. The first kappa shape index (κ1) is 15.5. The zero-order valence-corrected chi connectivity index (χ0v) is 13.2. The molecule has 8 heteroatoms. The van der Waals surface area contributed by atoms with Crippen LogP contribution in [0.1, 0.15) is 12.0 Å². The van der Waals surface area contributed by atoms with Crippen LogP contribution < -0.4 is 16.7 Å². The van der Waals surface area contributed by atoms with Gasteiger partial charge in [-0.15, -0.1) is 0 Å². The molecule has 3 rings (SSSR count). The topological polar surface area (TPSA) is 102 Å². The minimum Gasteiger partial charge on any atom is -0.354 e. The molecule has 120 valence electrons. The van der Waals surface area contributed by atoms with Gasteiger partial charge in [-0.05, 0) is 24.6 Å². The van der Waals surface area contributed by atoms with Crippen molar-refractivity contribution in [3.63, 3.8) is 0 Å². The highest BCUT2D eigenvalue weighted by Gasteiger charge is 2.11. The molecule has 0 fully saturated rings. The fourth-order valence-corrected chi connectivity index (χ4v) is 2.47. The standard InChI is InChI=1S/C15H17ClN6O/c16-11-5-2-1-4-10(11)9-22-13-12(20-15(22)23)8-19-14(21-13)18-7-3-6-17/h1-2,4-5,8H,3,6-7,9,17H2,(H,20,23)(H,18,19,21). The monoisotopic (exact) mass is 332 g/mol. The summed E-state index contributed by atoms with van der Waals surface area (Å²) >= 11 is 6.18. The normalized spacial score (nSPS) is 11.0. The van der Waals surface area contributed by atoms with Crippen molar-refractivity contribution in [3.8, 4) is 0 Å². The molecule has 7 nitrogen and oxygen atoms in total. The molecule has 1 aromatic carbocycles. The van der Waals surface area contributed by atoms with Gasteiger partial charge in [0.15, 0.2) is 5.65 Å². The Morgan fingerprint density at radius 2 is 2.17 bits per heavy atom. The number of anilines is 1. The predicted octanol–water partition coefficient (Wildman–Crippen LogP) is 1.58. The summed E-state index contributed by atoms with van der Waals surface area (Å²) in [4.78, 5) is 23.5. The van der Waals surface area contributed by atoms with Crippen LogP contribution in [0.5, 0.6) is 0 Å². The SMILES string of the molecule is NCCCNc1ncc2[nH]c(=O)n(Cc3ccccc3Cl)c2n1. The minimum absolute atomic E-state index is 0.242. The van der Waals surface area contributed by atoms with Crippen molar-refractivity contribution in [2.24, 2.45) is 5.73 Å². The molecule has 0 spiro atoms. The minimum atomic E-state index is -0.242. The van der Waals surface area contributed by atoms with Crippen molar-refractivity contribution in [1.29, 1.82) is 0 Å². The van der Waals surface area contributed by atoms with Crippen molar-refractivity contribution in [2.75, 3.05) is 18.4 Å². The lowest BCUT2D eigenvalue weighted by Crippen LogP contribution is -2.18. The van der Waals surface area contributed by atoms with E-state index in [9.17, 15) is 4.79 Å². The third-order valence-electron chi connectivity index (χ3n) is 3.46. The molecule has 0 unspecified atom stereocenters. The van der Waals surface area contributed by atoms with Gasteiger partial charge in [0, 0.05) is 11.6 Å². The van der Waals surface area contributed by atoms with Crippen molar-refractivity contribution in [2.45, 2.75) is 13.0 Å². The van der Waals surface area contributed by atoms with Crippen LogP contribution in [-0.4, -0.2) is 32.6 Å². The van der Waals surface area contributed by atoms with Crippen molar-refractivity contribution < 1.29 is 0 Å². The average molecular weight is 333 g/mol. The summed E-state index contributed by atoms with van der Waals surface area (Å²) in [5.74, 6) is 0.470. The van der Waals surface area contributed by atoms with E-state index in [4.69, 9.17) is 17.3 Å². The number of hydrogen-bond acceptors (Lipinski definition) is 5. The summed E-state index contributed by atoms with van der Waals surface area (Å²) in [6.07, 6.45) is 2.42. The molecule has 0 saturated heterocycles. The first-order valence-electron chi connectivity index (χ1n) is 7.32. The number of aromatic amines is 1. The van der Waals surface area contributed by atoms with Gasteiger partial charge in [-0.1, -0.05) is 29.8 Å². The van der Waals surface area contributed by atoms with Crippen LogP contribution in [0.2, 0.25) is 5.02 Å². The fraction of sp³-hybridized carbons (Fsp3) is 0.267. The summed E-state index contributed by atoms with van der Waals surface area (Å²) in [7, 11) is 0. The highest BCUT2D eigenvalue weighted by Crippen LogP contribution is 2.17. The van der Waals surface area contributed by atoms with Gasteiger partial charge in [0.25, 0.3) is 0 Å². The second-order valence-corrected chi connectivity index (χ2v) is 5.51. The lowest BCUT2D eigenvalue weighted by molar-refractivity contribution is 0.777. The van der Waals surface area contributed by atoms with Crippen LogP contribution in [0, 0.1) is 0 Å². The van der Waals surface area contributed by atoms with E-state index in [1.54, 1.807) is 16.8 Å². The number of nitrogens with zero attached hydrogens (tertiary/aromatic N) is 3. The van der Waals surface area contributed by atoms with E-state index < -0.39 is 0 Å². The highest BCUT2D eigenvalue weighted by molar-refractivity contribution is 6.31. The van der Waals surface area contributed by atoms with Gasteiger partial charge in [-0.3, -0.25) is 4.57 Å². The first-order chi connectivity index (χ1) is 11.2. The number of rotatable bonds is 6. The number of fused-ring (bicyclic) bond motifs is 1. The highest BCUT2D eigenvalue weighted by atomic mass is 35.5. The van der Waals surface area contributed by atoms with Gasteiger partial charge >= 0.3 is 5.69 Å². The molecular weight excluding hydrogens is 316 g/mol. The van der Waals surface area contributed by atoms with Crippen LogP contribution in [0.25, 0.3) is 11.2 Å². The second kappa shape index (κ2) is 6.80. The molecule has 0 atom stereocenters.